The van der Waals surface area contributed by atoms with Gasteiger partial charge in [0.05, 0.1) is 23.4 Å². The average molecular weight is 428 g/mol. The number of para-hydroxylation sites is 1. The van der Waals surface area contributed by atoms with E-state index in [1.165, 1.54) is 0 Å². The number of ether oxygens (including phenoxy) is 1. The van der Waals surface area contributed by atoms with Crippen LogP contribution in [0.3, 0.4) is 0 Å². The maximum absolute atomic E-state index is 12.7. The summed E-state index contributed by atoms with van der Waals surface area (Å²) in [5, 5.41) is 2.77. The highest BCUT2D eigenvalue weighted by molar-refractivity contribution is 9.10. The second-order valence-electron chi connectivity index (χ2n) is 5.81. The molecule has 5 nitrogen and oxygen atoms in total. The van der Waals surface area contributed by atoms with Crippen molar-refractivity contribution in [2.75, 3.05) is 11.9 Å². The van der Waals surface area contributed by atoms with E-state index in [0.717, 1.165) is 10.0 Å². The van der Waals surface area contributed by atoms with Gasteiger partial charge in [-0.1, -0.05) is 40.2 Å². The second kappa shape index (κ2) is 8.22. The minimum Gasteiger partial charge on any atom is -0.462 e. The largest absolute Gasteiger partial charge is 0.462 e. The van der Waals surface area contributed by atoms with E-state index in [9.17, 15) is 9.59 Å². The highest BCUT2D eigenvalue weighted by atomic mass is 79.9. The van der Waals surface area contributed by atoms with Crippen LogP contribution in [-0.4, -0.2) is 18.5 Å². The van der Waals surface area contributed by atoms with Gasteiger partial charge < -0.3 is 14.5 Å². The summed E-state index contributed by atoms with van der Waals surface area (Å²) in [6.07, 6.45) is 0. The zero-order valence-corrected chi connectivity index (χ0v) is 16.5. The van der Waals surface area contributed by atoms with Gasteiger partial charge in [-0.2, -0.15) is 0 Å². The first-order valence-corrected chi connectivity index (χ1v) is 9.22. The number of nitrogens with one attached hydrogen (secondary N) is 1. The van der Waals surface area contributed by atoms with Crippen LogP contribution in [0.5, 0.6) is 0 Å². The molecule has 0 radical (unpaired) electrons. The molecule has 0 saturated carbocycles. The number of halogens is 1. The smallest absolute Gasteiger partial charge is 0.340 e. The molecule has 0 bridgehead atoms. The SMILES string of the molecule is CCOC(=O)c1ccccc1NC(=O)c1cc(-c2ccc(Br)cc2)oc1C. The molecule has 0 aliphatic heterocycles. The first-order valence-electron chi connectivity index (χ1n) is 8.43. The monoisotopic (exact) mass is 427 g/mol. The molecule has 2 aromatic carbocycles. The fourth-order valence-corrected chi connectivity index (χ4v) is 2.90. The number of aryl methyl sites for hydroxylation is 1. The number of furan rings is 1. The summed E-state index contributed by atoms with van der Waals surface area (Å²) in [5.41, 5.74) is 1.98. The van der Waals surface area contributed by atoms with Crippen molar-refractivity contribution < 1.29 is 18.7 Å². The Morgan fingerprint density at radius 2 is 1.78 bits per heavy atom. The third-order valence-electron chi connectivity index (χ3n) is 3.96. The number of carbonyl (C=O) groups is 2. The summed E-state index contributed by atoms with van der Waals surface area (Å²) in [7, 11) is 0. The summed E-state index contributed by atoms with van der Waals surface area (Å²) in [6, 6.07) is 16.1. The van der Waals surface area contributed by atoms with E-state index < -0.39 is 5.97 Å². The third kappa shape index (κ3) is 4.28. The Balaban J connectivity index is 1.86. The van der Waals surface area contributed by atoms with Crippen molar-refractivity contribution in [1.82, 2.24) is 0 Å². The summed E-state index contributed by atoms with van der Waals surface area (Å²) >= 11 is 3.39. The summed E-state index contributed by atoms with van der Waals surface area (Å²) < 4.78 is 11.7. The van der Waals surface area contributed by atoms with Gasteiger partial charge in [0.25, 0.3) is 5.91 Å². The highest BCUT2D eigenvalue weighted by Gasteiger charge is 2.19. The average Bonchev–Trinajstić information content (AvgIpc) is 3.05. The van der Waals surface area contributed by atoms with Gasteiger partial charge in [0.2, 0.25) is 0 Å². The van der Waals surface area contributed by atoms with Gasteiger partial charge in [0.1, 0.15) is 11.5 Å². The summed E-state index contributed by atoms with van der Waals surface area (Å²) in [4.78, 5) is 24.8. The molecule has 3 rings (SSSR count). The number of esters is 1. The van der Waals surface area contributed by atoms with Gasteiger partial charge in [-0.05, 0) is 44.2 Å². The minimum absolute atomic E-state index is 0.262. The molecular formula is C21H18BrNO4. The Bertz CT molecular complexity index is 976. The molecule has 1 heterocycles. The highest BCUT2D eigenvalue weighted by Crippen LogP contribution is 2.27. The fourth-order valence-electron chi connectivity index (χ4n) is 2.63. The lowest BCUT2D eigenvalue weighted by molar-refractivity contribution is 0.0527. The van der Waals surface area contributed by atoms with E-state index in [4.69, 9.17) is 9.15 Å². The van der Waals surface area contributed by atoms with Gasteiger partial charge in [-0.15, -0.1) is 0 Å². The molecule has 27 heavy (non-hydrogen) atoms. The summed E-state index contributed by atoms with van der Waals surface area (Å²) in [5.74, 6) is 0.270. The number of carbonyl (C=O) groups excluding carboxylic acids is 2. The molecule has 0 atom stereocenters. The number of hydrogen-bond donors (Lipinski definition) is 1. The van der Waals surface area contributed by atoms with Crippen molar-refractivity contribution in [1.29, 1.82) is 0 Å². The third-order valence-corrected chi connectivity index (χ3v) is 4.49. The molecule has 3 aromatic rings. The molecule has 1 amide bonds. The van der Waals surface area contributed by atoms with Crippen LogP contribution in [-0.2, 0) is 4.74 Å². The molecule has 0 aliphatic rings. The predicted octanol–water partition coefficient (Wildman–Crippen LogP) is 5.45. The van der Waals surface area contributed by atoms with Gasteiger partial charge in [0.15, 0.2) is 0 Å². The minimum atomic E-state index is -0.479. The van der Waals surface area contributed by atoms with Crippen LogP contribution in [0.4, 0.5) is 5.69 Å². The number of rotatable bonds is 5. The van der Waals surface area contributed by atoms with Crippen molar-refractivity contribution >= 4 is 33.5 Å². The molecule has 0 spiro atoms. The molecular weight excluding hydrogens is 410 g/mol. The van der Waals surface area contributed by atoms with Crippen molar-refractivity contribution in [3.8, 4) is 11.3 Å². The maximum Gasteiger partial charge on any atom is 0.340 e. The van der Waals surface area contributed by atoms with Crippen molar-refractivity contribution in [2.45, 2.75) is 13.8 Å². The normalized spacial score (nSPS) is 10.5. The first kappa shape index (κ1) is 18.9. The lowest BCUT2D eigenvalue weighted by Gasteiger charge is -2.09. The van der Waals surface area contributed by atoms with Gasteiger partial charge in [-0.25, -0.2) is 4.79 Å². The fraction of sp³-hybridized carbons (Fsp3) is 0.143. The lowest BCUT2D eigenvalue weighted by Crippen LogP contribution is -2.16. The van der Waals surface area contributed by atoms with Crippen LogP contribution in [0.1, 0.15) is 33.4 Å². The van der Waals surface area contributed by atoms with Crippen LogP contribution in [0.15, 0.2) is 63.5 Å². The molecule has 1 N–H and O–H groups in total. The van der Waals surface area contributed by atoms with E-state index in [2.05, 4.69) is 21.2 Å². The molecule has 6 heteroatoms. The van der Waals surface area contributed by atoms with E-state index in [1.807, 2.05) is 24.3 Å². The van der Waals surface area contributed by atoms with Crippen LogP contribution in [0, 0.1) is 6.92 Å². The molecule has 0 aliphatic carbocycles. The number of hydrogen-bond acceptors (Lipinski definition) is 4. The van der Waals surface area contributed by atoms with Gasteiger partial charge in [-0.3, -0.25) is 4.79 Å². The number of anilines is 1. The summed E-state index contributed by atoms with van der Waals surface area (Å²) in [6.45, 7) is 3.73. The van der Waals surface area contributed by atoms with Crippen LogP contribution < -0.4 is 5.32 Å². The van der Waals surface area contributed by atoms with Crippen molar-refractivity contribution in [3.05, 3.63) is 76.0 Å². The second-order valence-corrected chi connectivity index (χ2v) is 6.72. The molecule has 0 saturated heterocycles. The van der Waals surface area contributed by atoms with E-state index in [0.29, 0.717) is 28.3 Å². The zero-order chi connectivity index (χ0) is 19.4. The molecule has 0 fully saturated rings. The predicted molar refractivity (Wildman–Crippen MR) is 107 cm³/mol. The van der Waals surface area contributed by atoms with E-state index in [1.54, 1.807) is 44.2 Å². The van der Waals surface area contributed by atoms with E-state index >= 15 is 0 Å². The molecule has 0 unspecified atom stereocenters. The van der Waals surface area contributed by atoms with Gasteiger partial charge in [0, 0.05) is 10.0 Å². The van der Waals surface area contributed by atoms with Crippen molar-refractivity contribution in [2.24, 2.45) is 0 Å². The Kier molecular flexibility index (Phi) is 5.76. The Morgan fingerprint density at radius 3 is 2.48 bits per heavy atom. The first-order chi connectivity index (χ1) is 13.0. The quantitative estimate of drug-likeness (QED) is 0.549. The lowest BCUT2D eigenvalue weighted by atomic mass is 10.1. The van der Waals surface area contributed by atoms with Crippen LogP contribution in [0.25, 0.3) is 11.3 Å². The standard InChI is InChI=1S/C21H18BrNO4/c1-3-26-21(25)16-6-4-5-7-18(16)23-20(24)17-12-19(27-13(17)2)14-8-10-15(22)11-9-14/h4-12H,3H2,1-2H3,(H,23,24). The van der Waals surface area contributed by atoms with E-state index in [-0.39, 0.29) is 12.5 Å². The Labute approximate surface area is 165 Å². The topological polar surface area (TPSA) is 68.5 Å². The molecule has 1 aromatic heterocycles. The number of benzene rings is 2. The Morgan fingerprint density at radius 1 is 1.07 bits per heavy atom. The number of amides is 1. The van der Waals surface area contributed by atoms with Crippen molar-refractivity contribution in [3.63, 3.8) is 0 Å². The molecule has 138 valence electrons. The zero-order valence-electron chi connectivity index (χ0n) is 14.9. The van der Waals surface area contributed by atoms with Crippen LogP contribution >= 0.6 is 15.9 Å². The van der Waals surface area contributed by atoms with Gasteiger partial charge >= 0.3 is 5.97 Å². The maximum atomic E-state index is 12.7. The van der Waals surface area contributed by atoms with Crippen LogP contribution in [0.2, 0.25) is 0 Å². The Hall–Kier alpha value is -2.86.